The minimum Gasteiger partial charge on any atom is -0.390 e. The lowest BCUT2D eigenvalue weighted by atomic mass is 9.81. The number of rotatable bonds is 3. The van der Waals surface area contributed by atoms with Crippen LogP contribution in [0.5, 0.6) is 0 Å². The zero-order valence-electron chi connectivity index (χ0n) is 14.4. The number of halogens is 3. The number of hydrogen-bond acceptors (Lipinski definition) is 4. The molecule has 0 amide bonds. The van der Waals surface area contributed by atoms with Gasteiger partial charge >= 0.3 is 6.18 Å². The summed E-state index contributed by atoms with van der Waals surface area (Å²) in [6.07, 6.45) is -3.71. The molecule has 0 spiro atoms. The summed E-state index contributed by atoms with van der Waals surface area (Å²) in [5, 5.41) is 18.3. The Morgan fingerprint density at radius 2 is 1.81 bits per heavy atom. The first-order chi connectivity index (χ1) is 12.8. The highest BCUT2D eigenvalue weighted by atomic mass is 19.4. The molecule has 1 aromatic carbocycles. The molecule has 1 aliphatic carbocycles. The van der Waals surface area contributed by atoms with E-state index in [2.05, 4.69) is 4.98 Å². The van der Waals surface area contributed by atoms with Gasteiger partial charge in [0.15, 0.2) is 0 Å². The SMILES string of the molecule is N#Cc1ccc(-n2c(=O)cc(CO)nc2[C@H]2CC[C@@H](C(F)(F)F)CC2)cc1. The third-order valence-electron chi connectivity index (χ3n) is 4.97. The van der Waals surface area contributed by atoms with Crippen LogP contribution in [0.4, 0.5) is 13.2 Å². The van der Waals surface area contributed by atoms with E-state index in [4.69, 9.17) is 5.26 Å². The van der Waals surface area contributed by atoms with Crippen molar-refractivity contribution in [2.45, 2.75) is 44.4 Å². The fraction of sp³-hybridized carbons (Fsp3) is 0.421. The van der Waals surface area contributed by atoms with E-state index in [0.29, 0.717) is 17.1 Å². The van der Waals surface area contributed by atoms with Crippen LogP contribution in [0.1, 0.15) is 48.7 Å². The van der Waals surface area contributed by atoms with Crippen LogP contribution in [0, 0.1) is 17.2 Å². The first-order valence-electron chi connectivity index (χ1n) is 8.64. The third kappa shape index (κ3) is 4.03. The van der Waals surface area contributed by atoms with Gasteiger partial charge in [0.2, 0.25) is 0 Å². The number of alkyl halides is 3. The van der Waals surface area contributed by atoms with Crippen molar-refractivity contribution in [2.24, 2.45) is 5.92 Å². The van der Waals surface area contributed by atoms with E-state index in [1.807, 2.05) is 6.07 Å². The molecule has 8 heteroatoms. The van der Waals surface area contributed by atoms with Gasteiger partial charge in [0.1, 0.15) is 5.82 Å². The molecular weight excluding hydrogens is 359 g/mol. The van der Waals surface area contributed by atoms with Gasteiger partial charge in [-0.1, -0.05) is 0 Å². The minimum atomic E-state index is -4.21. The summed E-state index contributed by atoms with van der Waals surface area (Å²) in [7, 11) is 0. The highest BCUT2D eigenvalue weighted by molar-refractivity contribution is 5.40. The van der Waals surface area contributed by atoms with Crippen molar-refractivity contribution in [1.29, 1.82) is 5.26 Å². The number of benzene rings is 1. The van der Waals surface area contributed by atoms with Crippen molar-refractivity contribution in [1.82, 2.24) is 9.55 Å². The maximum absolute atomic E-state index is 12.9. The van der Waals surface area contributed by atoms with Gasteiger partial charge < -0.3 is 5.11 Å². The predicted octanol–water partition coefficient (Wildman–Crippen LogP) is 3.43. The molecule has 0 atom stereocenters. The van der Waals surface area contributed by atoms with Crippen molar-refractivity contribution in [3.63, 3.8) is 0 Å². The Balaban J connectivity index is 2.00. The van der Waals surface area contributed by atoms with Crippen molar-refractivity contribution < 1.29 is 18.3 Å². The first-order valence-corrected chi connectivity index (χ1v) is 8.64. The molecule has 0 unspecified atom stereocenters. The van der Waals surface area contributed by atoms with Gasteiger partial charge in [-0.15, -0.1) is 0 Å². The maximum atomic E-state index is 12.9. The second-order valence-corrected chi connectivity index (χ2v) is 6.69. The van der Waals surface area contributed by atoms with Crippen molar-refractivity contribution >= 4 is 0 Å². The molecular formula is C19H18F3N3O2. The Kier molecular flexibility index (Phi) is 5.33. The number of aromatic nitrogens is 2. The summed E-state index contributed by atoms with van der Waals surface area (Å²) in [4.78, 5) is 17.0. The summed E-state index contributed by atoms with van der Waals surface area (Å²) in [6, 6.07) is 9.53. The average Bonchev–Trinajstić information content (AvgIpc) is 2.67. The second-order valence-electron chi connectivity index (χ2n) is 6.69. The molecule has 1 heterocycles. The quantitative estimate of drug-likeness (QED) is 0.889. The smallest absolute Gasteiger partial charge is 0.390 e. The normalized spacial score (nSPS) is 20.3. The lowest BCUT2D eigenvalue weighted by molar-refractivity contribution is -0.182. The molecule has 1 aromatic heterocycles. The Morgan fingerprint density at radius 3 is 2.33 bits per heavy atom. The molecule has 0 bridgehead atoms. The Hall–Kier alpha value is -2.66. The molecule has 1 fully saturated rings. The van der Waals surface area contributed by atoms with Gasteiger partial charge in [0, 0.05) is 12.0 Å². The van der Waals surface area contributed by atoms with Gasteiger partial charge in [0.25, 0.3) is 5.56 Å². The van der Waals surface area contributed by atoms with Crippen LogP contribution in [-0.4, -0.2) is 20.8 Å². The molecule has 1 N–H and O–H groups in total. The molecule has 5 nitrogen and oxygen atoms in total. The molecule has 0 aliphatic heterocycles. The van der Waals surface area contributed by atoms with Crippen molar-refractivity contribution in [3.05, 3.63) is 57.8 Å². The van der Waals surface area contributed by atoms with E-state index in [1.165, 1.54) is 10.6 Å². The lowest BCUT2D eigenvalue weighted by Gasteiger charge is -2.30. The molecule has 3 rings (SSSR count). The molecule has 1 aliphatic rings. The maximum Gasteiger partial charge on any atom is 0.391 e. The third-order valence-corrected chi connectivity index (χ3v) is 4.97. The fourth-order valence-corrected chi connectivity index (χ4v) is 3.53. The monoisotopic (exact) mass is 377 g/mol. The molecule has 2 aromatic rings. The van der Waals surface area contributed by atoms with Crippen LogP contribution in [0.15, 0.2) is 35.1 Å². The first kappa shape index (κ1) is 19.1. The van der Waals surface area contributed by atoms with Crippen LogP contribution in [0.3, 0.4) is 0 Å². The topological polar surface area (TPSA) is 78.9 Å². The molecule has 0 saturated heterocycles. The van der Waals surface area contributed by atoms with Gasteiger partial charge in [0.05, 0.1) is 35.5 Å². The fourth-order valence-electron chi connectivity index (χ4n) is 3.53. The van der Waals surface area contributed by atoms with Crippen LogP contribution < -0.4 is 5.56 Å². The van der Waals surface area contributed by atoms with E-state index in [9.17, 15) is 23.1 Å². The zero-order valence-corrected chi connectivity index (χ0v) is 14.4. The van der Waals surface area contributed by atoms with Gasteiger partial charge in [-0.2, -0.15) is 18.4 Å². The summed E-state index contributed by atoms with van der Waals surface area (Å²) in [5.74, 6) is -1.28. The largest absolute Gasteiger partial charge is 0.391 e. The number of nitriles is 1. The minimum absolute atomic E-state index is 0.0131. The Morgan fingerprint density at radius 1 is 1.19 bits per heavy atom. The second kappa shape index (κ2) is 7.53. The molecule has 27 heavy (non-hydrogen) atoms. The number of hydrogen-bond donors (Lipinski definition) is 1. The van der Waals surface area contributed by atoms with Crippen molar-refractivity contribution in [2.75, 3.05) is 0 Å². The van der Waals surface area contributed by atoms with E-state index in [1.54, 1.807) is 24.3 Å². The Bertz CT molecular complexity index is 906. The lowest BCUT2D eigenvalue weighted by Crippen LogP contribution is -2.31. The molecule has 142 valence electrons. The van der Waals surface area contributed by atoms with Gasteiger partial charge in [-0.25, -0.2) is 4.98 Å². The summed E-state index contributed by atoms with van der Waals surface area (Å²) >= 11 is 0. The van der Waals surface area contributed by atoms with Gasteiger partial charge in [-0.05, 0) is 49.9 Å². The Labute approximate surface area is 153 Å². The number of aliphatic hydroxyl groups excluding tert-OH is 1. The summed E-state index contributed by atoms with van der Waals surface area (Å²) < 4.78 is 40.2. The van der Waals surface area contributed by atoms with Crippen LogP contribution in [0.25, 0.3) is 5.69 Å². The molecule has 1 saturated carbocycles. The van der Waals surface area contributed by atoms with Crippen molar-refractivity contribution in [3.8, 4) is 11.8 Å². The summed E-state index contributed by atoms with van der Waals surface area (Å²) in [6.45, 7) is -0.422. The van der Waals surface area contributed by atoms with Crippen LogP contribution in [0.2, 0.25) is 0 Å². The highest BCUT2D eigenvalue weighted by Gasteiger charge is 2.42. The van der Waals surface area contributed by atoms with E-state index >= 15 is 0 Å². The van der Waals surface area contributed by atoms with Crippen LogP contribution in [-0.2, 0) is 6.61 Å². The number of aliphatic hydroxyl groups is 1. The van der Waals surface area contributed by atoms with Crippen LogP contribution >= 0.6 is 0 Å². The zero-order chi connectivity index (χ0) is 19.6. The van der Waals surface area contributed by atoms with E-state index in [-0.39, 0.29) is 37.3 Å². The summed E-state index contributed by atoms with van der Waals surface area (Å²) in [5.41, 5.74) is 0.701. The highest BCUT2D eigenvalue weighted by Crippen LogP contribution is 2.42. The van der Waals surface area contributed by atoms with E-state index < -0.39 is 24.3 Å². The standard InChI is InChI=1S/C19H18F3N3O2/c20-19(21,22)14-5-3-13(4-6-14)18-24-15(11-26)9-17(27)25(18)16-7-1-12(10-23)2-8-16/h1-2,7-9,13-14,26H,3-6,11H2/t13-,14+. The predicted molar refractivity (Wildman–Crippen MR) is 91.2 cm³/mol. The van der Waals surface area contributed by atoms with Gasteiger partial charge in [-0.3, -0.25) is 9.36 Å². The number of nitrogens with zero attached hydrogens (tertiary/aromatic N) is 3. The van der Waals surface area contributed by atoms with E-state index in [0.717, 1.165) is 0 Å². The molecule has 0 radical (unpaired) electrons. The average molecular weight is 377 g/mol.